The van der Waals surface area contributed by atoms with Crippen molar-refractivity contribution in [3.63, 3.8) is 0 Å². The van der Waals surface area contributed by atoms with Crippen LogP contribution in [0, 0.1) is 0 Å². The van der Waals surface area contributed by atoms with E-state index in [9.17, 15) is 4.79 Å². The van der Waals surface area contributed by atoms with Gasteiger partial charge in [0.05, 0.1) is 0 Å². The molecule has 2 heterocycles. The summed E-state index contributed by atoms with van der Waals surface area (Å²) in [5.41, 5.74) is 0. The number of piperidine rings is 1. The molecular formula is C13H24N2OS. The highest BCUT2D eigenvalue weighted by Gasteiger charge is 2.33. The maximum atomic E-state index is 11.8. The summed E-state index contributed by atoms with van der Waals surface area (Å²) in [5, 5.41) is 6.81. The lowest BCUT2D eigenvalue weighted by molar-refractivity contribution is -0.122. The smallest absolute Gasteiger partial charge is 0.220 e. The van der Waals surface area contributed by atoms with Crippen molar-refractivity contribution in [3.05, 3.63) is 0 Å². The van der Waals surface area contributed by atoms with Crippen LogP contribution in [0.25, 0.3) is 0 Å². The van der Waals surface area contributed by atoms with Crippen LogP contribution in [0.1, 0.15) is 44.9 Å². The molecule has 2 saturated heterocycles. The van der Waals surface area contributed by atoms with E-state index in [2.05, 4.69) is 16.9 Å². The van der Waals surface area contributed by atoms with Gasteiger partial charge in [0.1, 0.15) is 0 Å². The first-order chi connectivity index (χ1) is 8.28. The zero-order chi connectivity index (χ0) is 12.1. The topological polar surface area (TPSA) is 41.1 Å². The second-order valence-corrected chi connectivity index (χ2v) is 6.31. The highest BCUT2D eigenvalue weighted by atomic mass is 32.2. The van der Waals surface area contributed by atoms with Gasteiger partial charge >= 0.3 is 0 Å². The third-order valence-corrected chi connectivity index (χ3v) is 4.54. The van der Waals surface area contributed by atoms with Gasteiger partial charge in [0, 0.05) is 24.5 Å². The van der Waals surface area contributed by atoms with Gasteiger partial charge in [-0.1, -0.05) is 0 Å². The van der Waals surface area contributed by atoms with E-state index in [0.717, 1.165) is 25.7 Å². The van der Waals surface area contributed by atoms with Crippen LogP contribution in [-0.2, 0) is 4.79 Å². The first kappa shape index (κ1) is 13.2. The molecule has 0 saturated carbocycles. The average molecular weight is 256 g/mol. The number of amides is 1. The Hall–Kier alpha value is -0.220. The molecule has 2 fully saturated rings. The summed E-state index contributed by atoms with van der Waals surface area (Å²) in [6, 6.07) is 1.76. The van der Waals surface area contributed by atoms with Gasteiger partial charge < -0.3 is 10.6 Å². The quantitative estimate of drug-likeness (QED) is 0.713. The van der Waals surface area contributed by atoms with Gasteiger partial charge in [-0.25, -0.2) is 0 Å². The minimum Gasteiger partial charge on any atom is -0.353 e. The number of unbranched alkanes of at least 4 members (excludes halogenated alkanes) is 1. The number of rotatable bonds is 6. The third-order valence-electron chi connectivity index (χ3n) is 3.84. The molecule has 0 spiro atoms. The average Bonchev–Trinajstić information content (AvgIpc) is 2.64. The molecule has 2 rings (SSSR count). The number of hydrogen-bond donors (Lipinski definition) is 2. The van der Waals surface area contributed by atoms with E-state index < -0.39 is 0 Å². The second kappa shape index (κ2) is 6.64. The largest absolute Gasteiger partial charge is 0.353 e. The Labute approximate surface area is 108 Å². The minimum atomic E-state index is 0.261. The van der Waals surface area contributed by atoms with Crippen molar-refractivity contribution in [1.82, 2.24) is 10.6 Å². The number of hydrogen-bond acceptors (Lipinski definition) is 3. The number of carbonyl (C=O) groups is 1. The van der Waals surface area contributed by atoms with Gasteiger partial charge in [-0.15, -0.1) is 0 Å². The molecule has 2 unspecified atom stereocenters. The highest BCUT2D eigenvalue weighted by molar-refractivity contribution is 7.98. The molecule has 0 radical (unpaired) electrons. The monoisotopic (exact) mass is 256 g/mol. The lowest BCUT2D eigenvalue weighted by atomic mass is 9.99. The summed E-state index contributed by atoms with van der Waals surface area (Å²) in [4.78, 5) is 11.8. The molecule has 98 valence electrons. The van der Waals surface area contributed by atoms with Crippen molar-refractivity contribution < 1.29 is 4.79 Å². The molecule has 4 heteroatoms. The van der Waals surface area contributed by atoms with Gasteiger partial charge in [0.25, 0.3) is 0 Å². The summed E-state index contributed by atoms with van der Waals surface area (Å²) in [7, 11) is 0. The number of thioether (sulfide) groups is 1. The van der Waals surface area contributed by atoms with Crippen LogP contribution in [0.15, 0.2) is 0 Å². The van der Waals surface area contributed by atoms with Crippen molar-refractivity contribution in [2.75, 3.05) is 12.0 Å². The van der Waals surface area contributed by atoms with Crippen molar-refractivity contribution in [3.8, 4) is 0 Å². The van der Waals surface area contributed by atoms with Crippen LogP contribution < -0.4 is 10.6 Å². The summed E-state index contributed by atoms with van der Waals surface area (Å²) < 4.78 is 0. The molecule has 1 amide bonds. The van der Waals surface area contributed by atoms with Crippen molar-refractivity contribution in [2.24, 2.45) is 0 Å². The van der Waals surface area contributed by atoms with Crippen LogP contribution in [0.5, 0.6) is 0 Å². The molecule has 0 aromatic rings. The zero-order valence-corrected chi connectivity index (χ0v) is 11.5. The maximum absolute atomic E-state index is 11.8. The molecule has 17 heavy (non-hydrogen) atoms. The number of fused-ring (bicyclic) bond motifs is 2. The van der Waals surface area contributed by atoms with Crippen molar-refractivity contribution in [1.29, 1.82) is 0 Å². The lowest BCUT2D eigenvalue weighted by Gasteiger charge is -2.29. The van der Waals surface area contributed by atoms with E-state index >= 15 is 0 Å². The molecule has 2 N–H and O–H groups in total. The molecule has 2 aliphatic heterocycles. The van der Waals surface area contributed by atoms with Crippen molar-refractivity contribution >= 4 is 17.7 Å². The summed E-state index contributed by atoms with van der Waals surface area (Å²) >= 11 is 1.86. The zero-order valence-electron chi connectivity index (χ0n) is 10.7. The Bertz CT molecular complexity index is 248. The van der Waals surface area contributed by atoms with Crippen LogP contribution in [0.3, 0.4) is 0 Å². The fourth-order valence-corrected chi connectivity index (χ4v) is 3.50. The van der Waals surface area contributed by atoms with Gasteiger partial charge in [-0.3, -0.25) is 4.79 Å². The van der Waals surface area contributed by atoms with Gasteiger partial charge in [-0.05, 0) is 50.5 Å². The van der Waals surface area contributed by atoms with E-state index in [0.29, 0.717) is 24.5 Å². The molecular weight excluding hydrogens is 232 g/mol. The molecule has 3 nitrogen and oxygen atoms in total. The summed E-state index contributed by atoms with van der Waals surface area (Å²) in [6.45, 7) is 0. The normalized spacial score (nSPS) is 31.5. The third kappa shape index (κ3) is 4.18. The standard InChI is InChI=1S/C13H24N2OS/c1-17-7-3-2-4-13(16)15-12-8-10-5-6-11(9-12)14-10/h10-12,14H,2-9H2,1H3,(H,15,16). The van der Waals surface area contributed by atoms with Crippen LogP contribution in [-0.4, -0.2) is 36.0 Å². The molecule has 2 atom stereocenters. The minimum absolute atomic E-state index is 0.261. The summed E-state index contributed by atoms with van der Waals surface area (Å²) in [6.07, 6.45) is 9.87. The predicted molar refractivity (Wildman–Crippen MR) is 73.3 cm³/mol. The maximum Gasteiger partial charge on any atom is 0.220 e. The number of carbonyl (C=O) groups excluding carboxylic acids is 1. The van der Waals surface area contributed by atoms with E-state index in [1.165, 1.54) is 18.6 Å². The van der Waals surface area contributed by atoms with E-state index in [-0.39, 0.29) is 5.91 Å². The van der Waals surface area contributed by atoms with Crippen LogP contribution >= 0.6 is 11.8 Å². The van der Waals surface area contributed by atoms with Gasteiger partial charge in [0.15, 0.2) is 0 Å². The fraction of sp³-hybridized carbons (Fsp3) is 0.923. The van der Waals surface area contributed by atoms with E-state index in [1.54, 1.807) is 0 Å². The molecule has 2 aliphatic rings. The Morgan fingerprint density at radius 2 is 2.00 bits per heavy atom. The first-order valence-electron chi connectivity index (χ1n) is 6.82. The Balaban J connectivity index is 1.61. The first-order valence-corrected chi connectivity index (χ1v) is 8.21. The van der Waals surface area contributed by atoms with Crippen LogP contribution in [0.2, 0.25) is 0 Å². The molecule has 0 aliphatic carbocycles. The lowest BCUT2D eigenvalue weighted by Crippen LogP contribution is -2.47. The fourth-order valence-electron chi connectivity index (χ4n) is 3.01. The number of nitrogens with one attached hydrogen (secondary N) is 2. The molecule has 0 aromatic carbocycles. The van der Waals surface area contributed by atoms with Crippen molar-refractivity contribution in [2.45, 2.75) is 63.1 Å². The Morgan fingerprint density at radius 3 is 2.65 bits per heavy atom. The summed E-state index contributed by atoms with van der Waals surface area (Å²) in [5.74, 6) is 1.43. The predicted octanol–water partition coefficient (Wildman–Crippen LogP) is 1.92. The molecule has 2 bridgehead atoms. The Kier molecular flexibility index (Phi) is 5.16. The second-order valence-electron chi connectivity index (χ2n) is 5.32. The van der Waals surface area contributed by atoms with Crippen LogP contribution in [0.4, 0.5) is 0 Å². The van der Waals surface area contributed by atoms with Gasteiger partial charge in [0.2, 0.25) is 5.91 Å². The van der Waals surface area contributed by atoms with E-state index in [1.807, 2.05) is 11.8 Å². The SMILES string of the molecule is CSCCCCC(=O)NC1CC2CCC(C1)N2. The molecule has 0 aromatic heterocycles. The highest BCUT2D eigenvalue weighted by Crippen LogP contribution is 2.26. The van der Waals surface area contributed by atoms with E-state index in [4.69, 9.17) is 0 Å². The van der Waals surface area contributed by atoms with Gasteiger partial charge in [-0.2, -0.15) is 11.8 Å². The Morgan fingerprint density at radius 1 is 1.29 bits per heavy atom.